The predicted molar refractivity (Wildman–Crippen MR) is 69.8 cm³/mol. The summed E-state index contributed by atoms with van der Waals surface area (Å²) in [6, 6.07) is 9.93. The van der Waals surface area contributed by atoms with Gasteiger partial charge in [0.15, 0.2) is 0 Å². The van der Waals surface area contributed by atoms with Crippen molar-refractivity contribution in [3.8, 4) is 0 Å². The van der Waals surface area contributed by atoms with Crippen LogP contribution >= 0.6 is 0 Å². The van der Waals surface area contributed by atoms with Gasteiger partial charge in [0.2, 0.25) is 0 Å². The molecule has 0 aliphatic heterocycles. The van der Waals surface area contributed by atoms with Gasteiger partial charge in [0.05, 0.1) is 0 Å². The number of nitrogens with two attached hydrogens (primary N) is 1. The molecule has 0 aromatic heterocycles. The number of anilines is 1. The summed E-state index contributed by atoms with van der Waals surface area (Å²) < 4.78 is 0. The minimum absolute atomic E-state index is 0.405. The summed E-state index contributed by atoms with van der Waals surface area (Å²) in [5.74, 6) is 0. The minimum Gasteiger partial charge on any atom is -0.372 e. The maximum absolute atomic E-state index is 5.96. The van der Waals surface area contributed by atoms with Gasteiger partial charge in [0, 0.05) is 24.8 Å². The van der Waals surface area contributed by atoms with E-state index < -0.39 is 0 Å². The largest absolute Gasteiger partial charge is 0.372 e. The third-order valence-electron chi connectivity index (χ3n) is 3.75. The van der Waals surface area contributed by atoms with Crippen LogP contribution in [0, 0.1) is 0 Å². The molecule has 0 heterocycles. The Morgan fingerprint density at radius 3 is 2.44 bits per heavy atom. The number of hydrogen-bond acceptors (Lipinski definition) is 2. The van der Waals surface area contributed by atoms with Crippen molar-refractivity contribution in [1.82, 2.24) is 0 Å². The molecule has 0 amide bonds. The first-order valence-corrected chi connectivity index (χ1v) is 6.28. The lowest BCUT2D eigenvalue weighted by Crippen LogP contribution is -2.30. The highest BCUT2D eigenvalue weighted by atomic mass is 15.1. The van der Waals surface area contributed by atoms with Crippen LogP contribution in [0.15, 0.2) is 24.3 Å². The highest BCUT2D eigenvalue weighted by Crippen LogP contribution is 2.26. The van der Waals surface area contributed by atoms with Crippen molar-refractivity contribution < 1.29 is 0 Å². The Kier molecular flexibility index (Phi) is 3.49. The molecule has 16 heavy (non-hydrogen) atoms. The van der Waals surface area contributed by atoms with Gasteiger partial charge in [-0.15, -0.1) is 0 Å². The van der Waals surface area contributed by atoms with E-state index >= 15 is 0 Å². The van der Waals surface area contributed by atoms with E-state index in [9.17, 15) is 0 Å². The summed E-state index contributed by atoms with van der Waals surface area (Å²) in [5, 5.41) is 0. The molecule has 2 nitrogen and oxygen atoms in total. The number of hydrogen-bond donors (Lipinski definition) is 1. The maximum atomic E-state index is 5.96. The standard InChI is InChI=1S/C14H22N2/c1-3-11-4-7-13(8-5-11)16(2)14-9-6-12(15)10-14/h4-5,7-8,12,14H,3,6,9-10,15H2,1-2H3. The molecular weight excluding hydrogens is 196 g/mol. The number of rotatable bonds is 3. The smallest absolute Gasteiger partial charge is 0.0366 e. The molecule has 0 radical (unpaired) electrons. The average molecular weight is 218 g/mol. The van der Waals surface area contributed by atoms with Crippen LogP contribution in [0.3, 0.4) is 0 Å². The molecule has 88 valence electrons. The van der Waals surface area contributed by atoms with E-state index in [0.29, 0.717) is 12.1 Å². The van der Waals surface area contributed by atoms with E-state index in [1.54, 1.807) is 0 Å². The van der Waals surface area contributed by atoms with Crippen LogP contribution in [0.1, 0.15) is 31.7 Å². The SMILES string of the molecule is CCc1ccc(N(C)C2CCC(N)C2)cc1. The van der Waals surface area contributed by atoms with Crippen molar-refractivity contribution in [3.05, 3.63) is 29.8 Å². The lowest BCUT2D eigenvalue weighted by atomic mass is 10.1. The average Bonchev–Trinajstić information content (AvgIpc) is 2.75. The molecule has 0 saturated heterocycles. The third kappa shape index (κ3) is 2.38. The highest BCUT2D eigenvalue weighted by molar-refractivity contribution is 5.48. The molecule has 0 spiro atoms. The van der Waals surface area contributed by atoms with Gasteiger partial charge in [0.25, 0.3) is 0 Å². The summed E-state index contributed by atoms with van der Waals surface area (Å²) in [6.07, 6.45) is 4.64. The van der Waals surface area contributed by atoms with E-state index in [0.717, 1.165) is 12.8 Å². The molecule has 1 aromatic carbocycles. The van der Waals surface area contributed by atoms with Crippen molar-refractivity contribution in [1.29, 1.82) is 0 Å². The Morgan fingerprint density at radius 2 is 1.94 bits per heavy atom. The predicted octanol–water partition coefficient (Wildman–Crippen LogP) is 2.57. The van der Waals surface area contributed by atoms with E-state index in [1.807, 2.05) is 0 Å². The van der Waals surface area contributed by atoms with Gasteiger partial charge in [-0.25, -0.2) is 0 Å². The van der Waals surface area contributed by atoms with Gasteiger partial charge in [-0.05, 0) is 43.4 Å². The molecule has 2 rings (SSSR count). The highest BCUT2D eigenvalue weighted by Gasteiger charge is 2.25. The molecule has 1 fully saturated rings. The van der Waals surface area contributed by atoms with E-state index in [2.05, 4.69) is 43.1 Å². The molecule has 2 atom stereocenters. The first-order chi connectivity index (χ1) is 7.70. The monoisotopic (exact) mass is 218 g/mol. The summed E-state index contributed by atoms with van der Waals surface area (Å²) in [6.45, 7) is 2.19. The third-order valence-corrected chi connectivity index (χ3v) is 3.75. The summed E-state index contributed by atoms with van der Waals surface area (Å²) in [4.78, 5) is 2.38. The normalized spacial score (nSPS) is 24.7. The maximum Gasteiger partial charge on any atom is 0.0366 e. The fraction of sp³-hybridized carbons (Fsp3) is 0.571. The zero-order valence-corrected chi connectivity index (χ0v) is 10.3. The molecular formula is C14H22N2. The molecule has 1 aliphatic carbocycles. The van der Waals surface area contributed by atoms with Crippen LogP contribution in [-0.4, -0.2) is 19.1 Å². The first kappa shape index (κ1) is 11.5. The Morgan fingerprint density at radius 1 is 1.25 bits per heavy atom. The molecule has 2 unspecified atom stereocenters. The van der Waals surface area contributed by atoms with Crippen LogP contribution in [0.5, 0.6) is 0 Å². The molecule has 2 heteroatoms. The Labute approximate surface area is 98.4 Å². The van der Waals surface area contributed by atoms with Gasteiger partial charge in [-0.1, -0.05) is 19.1 Å². The summed E-state index contributed by atoms with van der Waals surface area (Å²) in [5.41, 5.74) is 8.68. The van der Waals surface area contributed by atoms with Crippen LogP contribution < -0.4 is 10.6 Å². The van der Waals surface area contributed by atoms with Crippen molar-refractivity contribution >= 4 is 5.69 Å². The topological polar surface area (TPSA) is 29.3 Å². The van der Waals surface area contributed by atoms with E-state index in [4.69, 9.17) is 5.73 Å². The zero-order valence-electron chi connectivity index (χ0n) is 10.3. The lowest BCUT2D eigenvalue weighted by Gasteiger charge is -2.26. The van der Waals surface area contributed by atoms with Crippen LogP contribution in [0.4, 0.5) is 5.69 Å². The number of aryl methyl sites for hydroxylation is 1. The zero-order chi connectivity index (χ0) is 11.5. The van der Waals surface area contributed by atoms with Gasteiger partial charge < -0.3 is 10.6 Å². The second kappa shape index (κ2) is 4.88. The van der Waals surface area contributed by atoms with Crippen molar-refractivity contribution in [2.24, 2.45) is 5.73 Å². The Hall–Kier alpha value is -1.02. The molecule has 1 aromatic rings. The van der Waals surface area contributed by atoms with Crippen LogP contribution in [-0.2, 0) is 6.42 Å². The van der Waals surface area contributed by atoms with Gasteiger partial charge in [-0.2, -0.15) is 0 Å². The first-order valence-electron chi connectivity index (χ1n) is 6.28. The summed E-state index contributed by atoms with van der Waals surface area (Å²) in [7, 11) is 2.18. The quantitative estimate of drug-likeness (QED) is 0.845. The van der Waals surface area contributed by atoms with Crippen molar-refractivity contribution in [3.63, 3.8) is 0 Å². The summed E-state index contributed by atoms with van der Waals surface area (Å²) >= 11 is 0. The molecule has 0 bridgehead atoms. The number of benzene rings is 1. The van der Waals surface area contributed by atoms with E-state index in [1.165, 1.54) is 24.1 Å². The number of nitrogens with zero attached hydrogens (tertiary/aromatic N) is 1. The molecule has 1 aliphatic rings. The second-order valence-corrected chi connectivity index (χ2v) is 4.86. The van der Waals surface area contributed by atoms with Gasteiger partial charge in [0.1, 0.15) is 0 Å². The van der Waals surface area contributed by atoms with Crippen LogP contribution in [0.25, 0.3) is 0 Å². The van der Waals surface area contributed by atoms with Crippen molar-refractivity contribution in [2.45, 2.75) is 44.7 Å². The van der Waals surface area contributed by atoms with E-state index in [-0.39, 0.29) is 0 Å². The minimum atomic E-state index is 0.405. The van der Waals surface area contributed by atoms with Gasteiger partial charge >= 0.3 is 0 Å². The van der Waals surface area contributed by atoms with Crippen LogP contribution in [0.2, 0.25) is 0 Å². The Bertz CT molecular complexity index is 331. The Balaban J connectivity index is 2.05. The second-order valence-electron chi connectivity index (χ2n) is 4.86. The lowest BCUT2D eigenvalue weighted by molar-refractivity contribution is 0.632. The fourth-order valence-electron chi connectivity index (χ4n) is 2.52. The van der Waals surface area contributed by atoms with Gasteiger partial charge in [-0.3, -0.25) is 0 Å². The molecule has 2 N–H and O–H groups in total. The molecule has 1 saturated carbocycles. The fourth-order valence-corrected chi connectivity index (χ4v) is 2.52. The van der Waals surface area contributed by atoms with Crippen molar-refractivity contribution in [2.75, 3.05) is 11.9 Å².